The lowest BCUT2D eigenvalue weighted by Crippen LogP contribution is -2.00. The van der Waals surface area contributed by atoms with Crippen molar-refractivity contribution >= 4 is 28.5 Å². The number of para-hydroxylation sites is 1. The number of carboxylic acids is 1. The predicted molar refractivity (Wildman–Crippen MR) is 74.4 cm³/mol. The molecular formula is C14H11ClFNO3. The number of halogens is 2. The Morgan fingerprint density at radius 1 is 1.00 bits per heavy atom. The number of aromatic carboxylic acids is 1. The van der Waals surface area contributed by atoms with E-state index in [0.29, 0.717) is 5.69 Å². The number of benzene rings is 2. The van der Waals surface area contributed by atoms with Crippen LogP contribution < -0.4 is 5.73 Å². The first kappa shape index (κ1) is 15.7. The molecule has 0 heterocycles. The number of anilines is 1. The van der Waals surface area contributed by atoms with Crippen LogP contribution >= 0.6 is 11.6 Å². The Morgan fingerprint density at radius 2 is 1.50 bits per heavy atom. The van der Waals surface area contributed by atoms with Crippen molar-refractivity contribution in [3.8, 4) is 0 Å². The summed E-state index contributed by atoms with van der Waals surface area (Å²) in [6, 6.07) is 11.9. The number of carbonyl (C=O) groups is 2. The quantitative estimate of drug-likeness (QED) is 0.658. The van der Waals surface area contributed by atoms with E-state index in [9.17, 15) is 14.0 Å². The fraction of sp³-hybridized carbons (Fsp3) is 0. The van der Waals surface area contributed by atoms with E-state index in [1.165, 1.54) is 24.3 Å². The largest absolute Gasteiger partial charge is 0.478 e. The first-order valence-electron chi connectivity index (χ1n) is 5.45. The number of nitrogens with two attached hydrogens (primary N) is 1. The maximum absolute atomic E-state index is 12.5. The van der Waals surface area contributed by atoms with Crippen LogP contribution in [-0.2, 0) is 0 Å². The van der Waals surface area contributed by atoms with Crippen molar-refractivity contribution < 1.29 is 19.1 Å². The summed E-state index contributed by atoms with van der Waals surface area (Å²) in [6.45, 7) is 0. The monoisotopic (exact) mass is 295 g/mol. The minimum absolute atomic E-state index is 0.0795. The lowest BCUT2D eigenvalue weighted by molar-refractivity contribution is 0.0698. The Balaban J connectivity index is 0.000000200. The van der Waals surface area contributed by atoms with Crippen molar-refractivity contribution in [2.24, 2.45) is 0 Å². The van der Waals surface area contributed by atoms with E-state index >= 15 is 0 Å². The number of carboxylic acid groups (broad SMARTS) is 1. The van der Waals surface area contributed by atoms with Gasteiger partial charge in [0, 0.05) is 5.69 Å². The van der Waals surface area contributed by atoms with Crippen molar-refractivity contribution in [3.63, 3.8) is 0 Å². The fourth-order valence-corrected chi connectivity index (χ4v) is 1.47. The average molecular weight is 296 g/mol. The lowest BCUT2D eigenvalue weighted by Gasteiger charge is -1.96. The molecule has 0 aliphatic rings. The summed E-state index contributed by atoms with van der Waals surface area (Å²) >= 11 is 5.03. The van der Waals surface area contributed by atoms with Crippen LogP contribution in [0.15, 0.2) is 48.5 Å². The molecule has 2 rings (SSSR count). The summed E-state index contributed by atoms with van der Waals surface area (Å²) in [5.41, 5.74) is 5.72. The zero-order valence-corrected chi connectivity index (χ0v) is 11.0. The third-order valence-corrected chi connectivity index (χ3v) is 2.48. The van der Waals surface area contributed by atoms with Crippen molar-refractivity contribution in [1.29, 1.82) is 0 Å². The molecule has 0 amide bonds. The Kier molecular flexibility index (Phi) is 5.68. The molecule has 0 atom stereocenters. The second kappa shape index (κ2) is 7.25. The molecule has 0 saturated heterocycles. The van der Waals surface area contributed by atoms with Gasteiger partial charge in [-0.25, -0.2) is 9.18 Å². The maximum atomic E-state index is 12.5. The standard InChI is InChI=1S/C7H4ClFO.C7H7NO2/c8-7(10)5-3-1-2-4-6(5)9;8-6-4-2-1-3-5(6)7(9)10/h1-4H;1-4H,8H2,(H,9,10). The molecule has 2 aromatic rings. The minimum atomic E-state index is -0.988. The molecule has 0 bridgehead atoms. The first-order valence-corrected chi connectivity index (χ1v) is 5.83. The normalized spacial score (nSPS) is 9.30. The van der Waals surface area contributed by atoms with Gasteiger partial charge in [0.1, 0.15) is 5.82 Å². The molecule has 0 aliphatic carbocycles. The summed E-state index contributed by atoms with van der Waals surface area (Å²) in [7, 11) is 0. The highest BCUT2D eigenvalue weighted by Crippen LogP contribution is 2.09. The van der Waals surface area contributed by atoms with E-state index in [1.807, 2.05) is 0 Å². The summed E-state index contributed by atoms with van der Waals surface area (Å²) in [4.78, 5) is 20.7. The number of hydrogen-bond donors (Lipinski definition) is 2. The third kappa shape index (κ3) is 4.37. The summed E-state index contributed by atoms with van der Waals surface area (Å²) in [6.07, 6.45) is 0. The van der Waals surface area contributed by atoms with Gasteiger partial charge in [-0.3, -0.25) is 4.79 Å². The lowest BCUT2D eigenvalue weighted by atomic mass is 10.2. The van der Waals surface area contributed by atoms with E-state index in [0.717, 1.165) is 0 Å². The SMILES string of the molecule is Nc1ccccc1C(=O)O.O=C(Cl)c1ccccc1F. The number of hydrogen-bond acceptors (Lipinski definition) is 3. The summed E-state index contributed by atoms with van der Waals surface area (Å²) < 4.78 is 12.5. The van der Waals surface area contributed by atoms with Crippen LogP contribution in [-0.4, -0.2) is 16.3 Å². The second-order valence-corrected chi connectivity index (χ2v) is 3.99. The van der Waals surface area contributed by atoms with Gasteiger partial charge >= 0.3 is 5.97 Å². The zero-order valence-electron chi connectivity index (χ0n) is 10.2. The van der Waals surface area contributed by atoms with Crippen LogP contribution in [0.1, 0.15) is 20.7 Å². The molecule has 104 valence electrons. The molecule has 20 heavy (non-hydrogen) atoms. The van der Waals surface area contributed by atoms with Crippen LogP contribution in [0.4, 0.5) is 10.1 Å². The maximum Gasteiger partial charge on any atom is 0.337 e. The topological polar surface area (TPSA) is 80.4 Å². The van der Waals surface area contributed by atoms with E-state index in [1.54, 1.807) is 24.3 Å². The van der Waals surface area contributed by atoms with Gasteiger partial charge < -0.3 is 10.8 Å². The molecule has 2 aromatic carbocycles. The van der Waals surface area contributed by atoms with Gasteiger partial charge in [0.25, 0.3) is 5.24 Å². The van der Waals surface area contributed by atoms with Gasteiger partial charge in [-0.1, -0.05) is 24.3 Å². The van der Waals surface area contributed by atoms with Crippen LogP contribution in [0, 0.1) is 5.82 Å². The van der Waals surface area contributed by atoms with Gasteiger partial charge in [-0.15, -0.1) is 0 Å². The smallest absolute Gasteiger partial charge is 0.337 e. The minimum Gasteiger partial charge on any atom is -0.478 e. The van der Waals surface area contributed by atoms with Crippen LogP contribution in [0.25, 0.3) is 0 Å². The summed E-state index contributed by atoms with van der Waals surface area (Å²) in [5, 5.41) is 7.72. The molecule has 0 unspecified atom stereocenters. The highest BCUT2D eigenvalue weighted by Gasteiger charge is 2.05. The molecule has 0 radical (unpaired) electrons. The van der Waals surface area contributed by atoms with Crippen LogP contribution in [0.3, 0.4) is 0 Å². The number of rotatable bonds is 2. The average Bonchev–Trinajstić information content (AvgIpc) is 2.40. The van der Waals surface area contributed by atoms with Gasteiger partial charge in [0.2, 0.25) is 0 Å². The van der Waals surface area contributed by atoms with E-state index in [2.05, 4.69) is 0 Å². The third-order valence-electron chi connectivity index (χ3n) is 2.28. The molecule has 6 heteroatoms. The molecule has 0 aromatic heterocycles. The van der Waals surface area contributed by atoms with Gasteiger partial charge in [0.15, 0.2) is 0 Å². The second-order valence-electron chi connectivity index (χ2n) is 3.65. The van der Waals surface area contributed by atoms with Crippen molar-refractivity contribution in [2.75, 3.05) is 5.73 Å². The van der Waals surface area contributed by atoms with Crippen molar-refractivity contribution in [2.45, 2.75) is 0 Å². The van der Waals surface area contributed by atoms with Gasteiger partial charge in [-0.05, 0) is 35.9 Å². The van der Waals surface area contributed by atoms with E-state index in [4.69, 9.17) is 22.4 Å². The molecular weight excluding hydrogens is 285 g/mol. The van der Waals surface area contributed by atoms with Gasteiger partial charge in [-0.2, -0.15) is 0 Å². The van der Waals surface area contributed by atoms with Crippen LogP contribution in [0.5, 0.6) is 0 Å². The molecule has 0 aliphatic heterocycles. The first-order chi connectivity index (χ1) is 9.43. The predicted octanol–water partition coefficient (Wildman–Crippen LogP) is 3.17. The fourth-order valence-electron chi connectivity index (χ4n) is 1.31. The molecule has 0 spiro atoms. The number of nitrogen functional groups attached to an aromatic ring is 1. The molecule has 0 fully saturated rings. The molecule has 0 saturated carbocycles. The van der Waals surface area contributed by atoms with Crippen molar-refractivity contribution in [3.05, 3.63) is 65.5 Å². The zero-order chi connectivity index (χ0) is 15.1. The van der Waals surface area contributed by atoms with Crippen LogP contribution in [0.2, 0.25) is 0 Å². The number of carbonyl (C=O) groups excluding carboxylic acids is 1. The molecule has 3 N–H and O–H groups in total. The van der Waals surface area contributed by atoms with E-state index in [-0.39, 0.29) is 11.1 Å². The molecule has 4 nitrogen and oxygen atoms in total. The Hall–Kier alpha value is -2.40. The Morgan fingerprint density at radius 3 is 1.85 bits per heavy atom. The highest BCUT2D eigenvalue weighted by atomic mass is 35.5. The Labute approximate surface area is 119 Å². The summed E-state index contributed by atoms with van der Waals surface area (Å²) in [5.74, 6) is -1.57. The highest BCUT2D eigenvalue weighted by molar-refractivity contribution is 6.67. The van der Waals surface area contributed by atoms with Crippen molar-refractivity contribution in [1.82, 2.24) is 0 Å². The van der Waals surface area contributed by atoms with E-state index < -0.39 is 17.0 Å². The van der Waals surface area contributed by atoms with Gasteiger partial charge in [0.05, 0.1) is 11.1 Å². The Bertz CT molecular complexity index is 576.